The molecule has 1 atom stereocenters. The third kappa shape index (κ3) is 4.13. The summed E-state index contributed by atoms with van der Waals surface area (Å²) in [5.74, 6) is 0.884. The third-order valence-electron chi connectivity index (χ3n) is 4.65. The van der Waals surface area contributed by atoms with Gasteiger partial charge < -0.3 is 14.7 Å². The number of anilines is 1. The minimum absolute atomic E-state index is 0.213. The molecule has 1 fully saturated rings. The Bertz CT molecular complexity index is 992. The average molecular weight is 417 g/mol. The Hall–Kier alpha value is -2.57. The molecule has 8 heteroatoms. The molecule has 1 saturated heterocycles. The summed E-state index contributed by atoms with van der Waals surface area (Å²) in [4.78, 5) is 19.1. The van der Waals surface area contributed by atoms with Crippen LogP contribution in [0.15, 0.2) is 53.1 Å². The lowest BCUT2D eigenvalue weighted by Gasteiger charge is -2.33. The lowest BCUT2D eigenvalue weighted by Crippen LogP contribution is -2.41. The van der Waals surface area contributed by atoms with E-state index < -0.39 is 0 Å². The Morgan fingerprint density at radius 2 is 1.89 bits per heavy atom. The number of hydrogen-bond acceptors (Lipinski definition) is 4. The topological polar surface area (TPSA) is 71.3 Å². The van der Waals surface area contributed by atoms with E-state index in [1.165, 1.54) is 0 Å². The Morgan fingerprint density at radius 3 is 2.68 bits per heavy atom. The number of aromatic nitrogens is 2. The van der Waals surface area contributed by atoms with Gasteiger partial charge >= 0.3 is 6.03 Å². The Balaban J connectivity index is 1.55. The fourth-order valence-electron chi connectivity index (χ4n) is 3.31. The number of urea groups is 1. The maximum absolute atomic E-state index is 12.8. The van der Waals surface area contributed by atoms with Crippen LogP contribution in [0, 0.1) is 0 Å². The van der Waals surface area contributed by atoms with Crippen molar-refractivity contribution in [3.63, 3.8) is 0 Å². The van der Waals surface area contributed by atoms with Gasteiger partial charge in [0.1, 0.15) is 6.04 Å². The number of rotatable bonds is 3. The summed E-state index contributed by atoms with van der Waals surface area (Å²) in [6, 6.07) is 13.8. The van der Waals surface area contributed by atoms with Crippen molar-refractivity contribution >= 4 is 34.9 Å². The first-order valence-corrected chi connectivity index (χ1v) is 9.78. The lowest BCUT2D eigenvalue weighted by atomic mass is 10.0. The Kier molecular flexibility index (Phi) is 5.50. The zero-order valence-electron chi connectivity index (χ0n) is 14.9. The highest BCUT2D eigenvalue weighted by Gasteiger charge is 2.32. The van der Waals surface area contributed by atoms with Crippen molar-refractivity contribution in [2.75, 3.05) is 11.9 Å². The first-order chi connectivity index (χ1) is 13.6. The van der Waals surface area contributed by atoms with Crippen molar-refractivity contribution in [2.24, 2.45) is 0 Å². The van der Waals surface area contributed by atoms with Gasteiger partial charge in [-0.25, -0.2) is 4.79 Å². The van der Waals surface area contributed by atoms with Crippen LogP contribution in [0.2, 0.25) is 10.0 Å². The van der Waals surface area contributed by atoms with Gasteiger partial charge in [-0.15, -0.1) is 0 Å². The smallest absolute Gasteiger partial charge is 0.322 e. The molecule has 3 aromatic rings. The lowest BCUT2D eigenvalue weighted by molar-refractivity contribution is 0.142. The molecule has 1 aromatic heterocycles. The highest BCUT2D eigenvalue weighted by Crippen LogP contribution is 2.32. The number of piperidine rings is 1. The van der Waals surface area contributed by atoms with Crippen molar-refractivity contribution in [2.45, 2.75) is 25.3 Å². The fourth-order valence-corrected chi connectivity index (χ4v) is 3.69. The summed E-state index contributed by atoms with van der Waals surface area (Å²) >= 11 is 12.0. The molecule has 1 N–H and O–H groups in total. The van der Waals surface area contributed by atoms with Gasteiger partial charge in [-0.2, -0.15) is 4.98 Å². The number of likely N-dealkylation sites (tertiary alicyclic amines) is 1. The van der Waals surface area contributed by atoms with E-state index in [-0.39, 0.29) is 12.1 Å². The molecule has 0 aliphatic carbocycles. The highest BCUT2D eigenvalue weighted by molar-refractivity contribution is 6.31. The van der Waals surface area contributed by atoms with Gasteiger partial charge in [-0.3, -0.25) is 0 Å². The predicted octanol–water partition coefficient (Wildman–Crippen LogP) is 5.80. The zero-order valence-corrected chi connectivity index (χ0v) is 16.5. The average Bonchev–Trinajstić information content (AvgIpc) is 3.18. The van der Waals surface area contributed by atoms with Gasteiger partial charge in [0.05, 0.1) is 0 Å². The summed E-state index contributed by atoms with van der Waals surface area (Å²) in [5.41, 5.74) is 1.42. The molecule has 0 unspecified atom stereocenters. The molecule has 1 aliphatic rings. The van der Waals surface area contributed by atoms with Crippen LogP contribution < -0.4 is 5.32 Å². The van der Waals surface area contributed by atoms with E-state index in [2.05, 4.69) is 15.5 Å². The van der Waals surface area contributed by atoms with Gasteiger partial charge in [-0.05, 0) is 49.6 Å². The number of benzene rings is 2. The van der Waals surface area contributed by atoms with Crippen LogP contribution in [0.5, 0.6) is 0 Å². The van der Waals surface area contributed by atoms with Gasteiger partial charge in [0.25, 0.3) is 0 Å². The van der Waals surface area contributed by atoms with E-state index in [1.807, 2.05) is 12.1 Å². The number of nitrogens with one attached hydrogen (secondary N) is 1. The van der Waals surface area contributed by atoms with Crippen molar-refractivity contribution in [3.05, 3.63) is 64.5 Å². The first-order valence-electron chi connectivity index (χ1n) is 9.03. The third-order valence-corrected chi connectivity index (χ3v) is 5.12. The second-order valence-corrected chi connectivity index (χ2v) is 7.48. The molecule has 2 amide bonds. The number of carbonyl (C=O) groups is 1. The maximum atomic E-state index is 12.8. The highest BCUT2D eigenvalue weighted by atomic mass is 35.5. The second-order valence-electron chi connectivity index (χ2n) is 6.61. The SMILES string of the molecule is O=C(Nc1cccc(Cl)c1)N1CCCC[C@H]1c1nc(-c2cccc(Cl)c2)no1. The van der Waals surface area contributed by atoms with E-state index in [1.54, 1.807) is 41.3 Å². The molecule has 0 spiro atoms. The number of hydrogen-bond donors (Lipinski definition) is 1. The number of amides is 2. The van der Waals surface area contributed by atoms with Crippen LogP contribution in [0.3, 0.4) is 0 Å². The van der Waals surface area contributed by atoms with Crippen molar-refractivity contribution < 1.29 is 9.32 Å². The van der Waals surface area contributed by atoms with Crippen LogP contribution in [0.25, 0.3) is 11.4 Å². The molecule has 144 valence electrons. The Morgan fingerprint density at radius 1 is 1.11 bits per heavy atom. The number of nitrogens with zero attached hydrogens (tertiary/aromatic N) is 3. The molecule has 0 bridgehead atoms. The minimum Gasteiger partial charge on any atom is -0.337 e. The summed E-state index contributed by atoms with van der Waals surface area (Å²) in [7, 11) is 0. The minimum atomic E-state index is -0.270. The van der Waals surface area contributed by atoms with Crippen molar-refractivity contribution in [1.29, 1.82) is 0 Å². The van der Waals surface area contributed by atoms with Crippen LogP contribution in [0.1, 0.15) is 31.2 Å². The molecule has 0 saturated carbocycles. The van der Waals surface area contributed by atoms with Crippen LogP contribution in [-0.4, -0.2) is 27.6 Å². The van der Waals surface area contributed by atoms with Gasteiger partial charge in [0, 0.05) is 27.8 Å². The molecule has 0 radical (unpaired) electrons. The number of halogens is 2. The van der Waals surface area contributed by atoms with E-state index in [0.29, 0.717) is 34.0 Å². The van der Waals surface area contributed by atoms with Crippen LogP contribution in [-0.2, 0) is 0 Å². The standard InChI is InChI=1S/C20H18Cl2N4O2/c21-14-6-3-5-13(11-14)18-24-19(28-25-18)17-9-1-2-10-26(17)20(27)23-16-8-4-7-15(22)12-16/h3-8,11-12,17H,1-2,9-10H2,(H,23,27)/t17-/m0/s1. The summed E-state index contributed by atoms with van der Waals surface area (Å²) in [6.45, 7) is 0.617. The maximum Gasteiger partial charge on any atom is 0.322 e. The monoisotopic (exact) mass is 416 g/mol. The zero-order chi connectivity index (χ0) is 19.5. The molecule has 4 rings (SSSR count). The fraction of sp³-hybridized carbons (Fsp3) is 0.250. The van der Waals surface area contributed by atoms with E-state index >= 15 is 0 Å². The Labute approximate surface area is 172 Å². The largest absolute Gasteiger partial charge is 0.337 e. The van der Waals surface area contributed by atoms with E-state index in [0.717, 1.165) is 24.8 Å². The van der Waals surface area contributed by atoms with Gasteiger partial charge in [0.2, 0.25) is 11.7 Å². The quantitative estimate of drug-likeness (QED) is 0.585. The summed E-state index contributed by atoms with van der Waals surface area (Å²) < 4.78 is 5.50. The normalized spacial score (nSPS) is 16.8. The summed E-state index contributed by atoms with van der Waals surface area (Å²) in [5, 5.41) is 8.13. The number of carbonyl (C=O) groups excluding carboxylic acids is 1. The van der Waals surface area contributed by atoms with Crippen LogP contribution in [0.4, 0.5) is 10.5 Å². The molecule has 6 nitrogen and oxygen atoms in total. The van der Waals surface area contributed by atoms with E-state index in [9.17, 15) is 4.79 Å². The first kappa shape index (κ1) is 18.8. The van der Waals surface area contributed by atoms with Crippen molar-refractivity contribution in [1.82, 2.24) is 15.0 Å². The van der Waals surface area contributed by atoms with E-state index in [4.69, 9.17) is 27.7 Å². The van der Waals surface area contributed by atoms with Crippen LogP contribution >= 0.6 is 23.2 Å². The summed E-state index contributed by atoms with van der Waals surface area (Å²) in [6.07, 6.45) is 2.68. The molecule has 28 heavy (non-hydrogen) atoms. The molecule has 2 aromatic carbocycles. The molecular formula is C20H18Cl2N4O2. The molecule has 2 heterocycles. The van der Waals surface area contributed by atoms with Gasteiger partial charge in [-0.1, -0.05) is 46.6 Å². The molecular weight excluding hydrogens is 399 g/mol. The second kappa shape index (κ2) is 8.20. The van der Waals surface area contributed by atoms with Gasteiger partial charge in [0.15, 0.2) is 0 Å². The molecule has 1 aliphatic heterocycles. The van der Waals surface area contributed by atoms with Crippen molar-refractivity contribution in [3.8, 4) is 11.4 Å². The predicted molar refractivity (Wildman–Crippen MR) is 109 cm³/mol.